The molecule has 0 aliphatic heterocycles. The Hall–Kier alpha value is -2.89. The first-order valence-electron chi connectivity index (χ1n) is 6.97. The van der Waals surface area contributed by atoms with Gasteiger partial charge in [0.05, 0.1) is 0 Å². The minimum absolute atomic E-state index is 0.151. The third kappa shape index (κ3) is 4.54. The molecule has 2 N–H and O–H groups in total. The number of rotatable bonds is 6. The van der Waals surface area contributed by atoms with Crippen LogP contribution in [0.15, 0.2) is 48.5 Å². The van der Waals surface area contributed by atoms with Crippen molar-refractivity contribution in [3.63, 3.8) is 0 Å². The summed E-state index contributed by atoms with van der Waals surface area (Å²) in [5.74, 6) is -0.865. The van der Waals surface area contributed by atoms with Crippen LogP contribution < -0.4 is 10.5 Å². The topological polar surface area (TPSA) is 72.6 Å². The number of hydrogen-bond acceptors (Lipinski definition) is 3. The average Bonchev–Trinajstić information content (AvgIpc) is 2.54. The highest BCUT2D eigenvalue weighted by molar-refractivity contribution is 5.94. The smallest absolute Gasteiger partial charge is 0.255 e. The van der Waals surface area contributed by atoms with Crippen molar-refractivity contribution in [3.8, 4) is 5.75 Å². The van der Waals surface area contributed by atoms with Crippen molar-refractivity contribution in [3.05, 3.63) is 65.5 Å². The zero-order valence-corrected chi connectivity index (χ0v) is 12.7. The number of benzene rings is 2. The second-order valence-corrected chi connectivity index (χ2v) is 5.04. The normalized spacial score (nSPS) is 10.2. The van der Waals surface area contributed by atoms with Gasteiger partial charge in [-0.05, 0) is 24.3 Å². The van der Waals surface area contributed by atoms with Crippen molar-refractivity contribution in [2.75, 3.05) is 13.7 Å². The fraction of sp³-hybridized carbons (Fsp3) is 0.176. The number of halogens is 1. The van der Waals surface area contributed by atoms with Gasteiger partial charge in [0.2, 0.25) is 0 Å². The standard InChI is InChI=1S/C17H17FN2O3/c1-20(10-13-5-2-3-8-15(13)18)17(22)12-6-4-7-14(9-12)23-11-16(19)21/h2-9H,10-11H2,1H3,(H2,19,21). The Balaban J connectivity index is 2.08. The predicted molar refractivity (Wildman–Crippen MR) is 83.3 cm³/mol. The molecular weight excluding hydrogens is 299 g/mol. The lowest BCUT2D eigenvalue weighted by Crippen LogP contribution is -2.26. The molecule has 0 atom stereocenters. The second-order valence-electron chi connectivity index (χ2n) is 5.04. The summed E-state index contributed by atoms with van der Waals surface area (Å²) >= 11 is 0. The van der Waals surface area contributed by atoms with Crippen molar-refractivity contribution in [2.45, 2.75) is 6.54 Å². The Morgan fingerprint density at radius 1 is 1.17 bits per heavy atom. The van der Waals surface area contributed by atoms with E-state index in [-0.39, 0.29) is 24.9 Å². The molecule has 2 aromatic rings. The van der Waals surface area contributed by atoms with E-state index in [1.165, 1.54) is 17.0 Å². The van der Waals surface area contributed by atoms with E-state index in [0.29, 0.717) is 16.9 Å². The van der Waals surface area contributed by atoms with Crippen molar-refractivity contribution in [2.24, 2.45) is 5.73 Å². The van der Waals surface area contributed by atoms with E-state index in [4.69, 9.17) is 10.5 Å². The maximum atomic E-state index is 13.7. The van der Waals surface area contributed by atoms with Crippen LogP contribution in [0.2, 0.25) is 0 Å². The highest BCUT2D eigenvalue weighted by Crippen LogP contribution is 2.16. The fourth-order valence-electron chi connectivity index (χ4n) is 2.05. The molecular formula is C17H17FN2O3. The number of carbonyl (C=O) groups excluding carboxylic acids is 2. The highest BCUT2D eigenvalue weighted by Gasteiger charge is 2.14. The van der Waals surface area contributed by atoms with Crippen LogP contribution >= 0.6 is 0 Å². The van der Waals surface area contributed by atoms with Crippen LogP contribution in [0.5, 0.6) is 5.75 Å². The van der Waals surface area contributed by atoms with Gasteiger partial charge < -0.3 is 15.4 Å². The minimum atomic E-state index is -0.599. The molecule has 23 heavy (non-hydrogen) atoms. The third-order valence-electron chi connectivity index (χ3n) is 3.17. The molecule has 2 rings (SSSR count). The maximum Gasteiger partial charge on any atom is 0.255 e. The van der Waals surface area contributed by atoms with Gasteiger partial charge in [0, 0.05) is 24.7 Å². The molecule has 0 radical (unpaired) electrons. The Morgan fingerprint density at radius 2 is 1.91 bits per heavy atom. The van der Waals surface area contributed by atoms with Gasteiger partial charge in [-0.25, -0.2) is 4.39 Å². The molecule has 2 amide bonds. The van der Waals surface area contributed by atoms with E-state index in [2.05, 4.69) is 0 Å². The van der Waals surface area contributed by atoms with Crippen LogP contribution in [0.1, 0.15) is 15.9 Å². The van der Waals surface area contributed by atoms with Gasteiger partial charge in [-0.15, -0.1) is 0 Å². The molecule has 120 valence electrons. The van der Waals surface area contributed by atoms with E-state index in [0.717, 1.165) is 0 Å². The first kappa shape index (κ1) is 16.5. The number of nitrogens with two attached hydrogens (primary N) is 1. The molecule has 0 aliphatic rings. The maximum absolute atomic E-state index is 13.7. The van der Waals surface area contributed by atoms with Crippen LogP contribution in [0.25, 0.3) is 0 Å². The summed E-state index contributed by atoms with van der Waals surface area (Å²) in [6, 6.07) is 12.7. The zero-order chi connectivity index (χ0) is 16.8. The lowest BCUT2D eigenvalue weighted by Gasteiger charge is -2.18. The predicted octanol–water partition coefficient (Wildman–Crippen LogP) is 1.96. The van der Waals surface area contributed by atoms with Gasteiger partial charge in [-0.2, -0.15) is 0 Å². The summed E-state index contributed by atoms with van der Waals surface area (Å²) in [4.78, 5) is 24.5. The van der Waals surface area contributed by atoms with E-state index < -0.39 is 5.91 Å². The number of carbonyl (C=O) groups is 2. The Bertz CT molecular complexity index is 718. The molecule has 0 fully saturated rings. The minimum Gasteiger partial charge on any atom is -0.484 e. The third-order valence-corrected chi connectivity index (χ3v) is 3.17. The number of hydrogen-bond donors (Lipinski definition) is 1. The van der Waals surface area contributed by atoms with Gasteiger partial charge in [-0.3, -0.25) is 9.59 Å². The molecule has 0 saturated heterocycles. The number of amides is 2. The van der Waals surface area contributed by atoms with Gasteiger partial charge in [0.25, 0.3) is 11.8 Å². The molecule has 6 heteroatoms. The van der Waals surface area contributed by atoms with Gasteiger partial charge in [0.15, 0.2) is 6.61 Å². The van der Waals surface area contributed by atoms with E-state index in [1.54, 1.807) is 43.4 Å². The molecule has 0 spiro atoms. The Morgan fingerprint density at radius 3 is 2.61 bits per heavy atom. The van der Waals surface area contributed by atoms with Crippen LogP contribution in [0.3, 0.4) is 0 Å². The lowest BCUT2D eigenvalue weighted by atomic mass is 10.1. The summed E-state index contributed by atoms with van der Waals surface area (Å²) in [7, 11) is 1.59. The number of ether oxygens (including phenoxy) is 1. The Kier molecular flexibility index (Phi) is 5.30. The lowest BCUT2D eigenvalue weighted by molar-refractivity contribution is -0.119. The fourth-order valence-corrected chi connectivity index (χ4v) is 2.05. The van der Waals surface area contributed by atoms with Crippen molar-refractivity contribution in [1.82, 2.24) is 4.90 Å². The van der Waals surface area contributed by atoms with Crippen LogP contribution in [-0.4, -0.2) is 30.4 Å². The molecule has 2 aromatic carbocycles. The molecule has 5 nitrogen and oxygen atoms in total. The molecule has 0 aromatic heterocycles. The van der Waals surface area contributed by atoms with Gasteiger partial charge >= 0.3 is 0 Å². The zero-order valence-electron chi connectivity index (χ0n) is 12.7. The molecule has 0 bridgehead atoms. The summed E-state index contributed by atoms with van der Waals surface area (Å²) < 4.78 is 18.8. The van der Waals surface area contributed by atoms with Crippen molar-refractivity contribution < 1.29 is 18.7 Å². The second kappa shape index (κ2) is 7.40. The summed E-state index contributed by atoms with van der Waals surface area (Å²) in [6.45, 7) is -0.111. The van der Waals surface area contributed by atoms with E-state index in [1.807, 2.05) is 0 Å². The largest absolute Gasteiger partial charge is 0.484 e. The average molecular weight is 316 g/mol. The number of nitrogens with zero attached hydrogens (tertiary/aromatic N) is 1. The molecule has 0 unspecified atom stereocenters. The van der Waals surface area contributed by atoms with Gasteiger partial charge in [-0.1, -0.05) is 24.3 Å². The first-order valence-corrected chi connectivity index (χ1v) is 6.97. The molecule has 0 heterocycles. The highest BCUT2D eigenvalue weighted by atomic mass is 19.1. The van der Waals surface area contributed by atoms with Crippen molar-refractivity contribution >= 4 is 11.8 Å². The summed E-state index contributed by atoms with van der Waals surface area (Å²) in [6.07, 6.45) is 0. The van der Waals surface area contributed by atoms with Crippen LogP contribution in [0, 0.1) is 5.82 Å². The van der Waals surface area contributed by atoms with Crippen LogP contribution in [-0.2, 0) is 11.3 Å². The first-order chi connectivity index (χ1) is 11.0. The number of primary amides is 1. The van der Waals surface area contributed by atoms with E-state index in [9.17, 15) is 14.0 Å². The summed E-state index contributed by atoms with van der Waals surface area (Å²) in [5.41, 5.74) is 5.83. The van der Waals surface area contributed by atoms with Gasteiger partial charge in [0.1, 0.15) is 11.6 Å². The monoisotopic (exact) mass is 316 g/mol. The molecule has 0 saturated carbocycles. The quantitative estimate of drug-likeness (QED) is 0.885. The Labute approximate surface area is 133 Å². The summed E-state index contributed by atoms with van der Waals surface area (Å²) in [5, 5.41) is 0. The van der Waals surface area contributed by atoms with Crippen molar-refractivity contribution in [1.29, 1.82) is 0 Å². The van der Waals surface area contributed by atoms with E-state index >= 15 is 0 Å². The SMILES string of the molecule is CN(Cc1ccccc1F)C(=O)c1cccc(OCC(N)=O)c1. The molecule has 0 aliphatic carbocycles. The van der Waals surface area contributed by atoms with Crippen LogP contribution in [0.4, 0.5) is 4.39 Å².